The average molecular weight is 364 g/mol. The molecule has 2 aromatic carbocycles. The van der Waals surface area contributed by atoms with E-state index in [4.69, 9.17) is 4.74 Å². The largest absolute Gasteiger partial charge is 0.489 e. The van der Waals surface area contributed by atoms with Crippen molar-refractivity contribution in [2.45, 2.75) is 13.2 Å². The third kappa shape index (κ3) is 4.85. The second-order valence-corrected chi connectivity index (χ2v) is 6.22. The number of aromatic nitrogens is 1. The molecule has 1 aromatic heterocycles. The number of ether oxygens (including phenoxy) is 1. The summed E-state index contributed by atoms with van der Waals surface area (Å²) in [5.41, 5.74) is 2.94. The molecule has 0 amide bonds. The van der Waals surface area contributed by atoms with Gasteiger partial charge in [0, 0.05) is 42.7 Å². The minimum Gasteiger partial charge on any atom is -0.489 e. The van der Waals surface area contributed by atoms with E-state index in [9.17, 15) is 9.18 Å². The summed E-state index contributed by atoms with van der Waals surface area (Å²) in [5, 5.41) is 3.21. The number of hydrogen-bond acceptors (Lipinski definition) is 3. The van der Waals surface area contributed by atoms with Gasteiger partial charge in [-0.25, -0.2) is 4.39 Å². The Labute approximate surface area is 157 Å². The van der Waals surface area contributed by atoms with Gasteiger partial charge in [0.25, 0.3) is 5.56 Å². The molecule has 1 heterocycles. The highest BCUT2D eigenvalue weighted by atomic mass is 19.1. The van der Waals surface area contributed by atoms with Crippen LogP contribution < -0.4 is 15.6 Å². The van der Waals surface area contributed by atoms with Crippen molar-refractivity contribution < 1.29 is 9.13 Å². The van der Waals surface area contributed by atoms with Crippen LogP contribution in [0.5, 0.6) is 5.75 Å². The number of hydrogen-bond donors (Lipinski definition) is 1. The van der Waals surface area contributed by atoms with Gasteiger partial charge in [0.1, 0.15) is 18.2 Å². The number of rotatable bonds is 7. The van der Waals surface area contributed by atoms with E-state index < -0.39 is 0 Å². The highest BCUT2D eigenvalue weighted by Gasteiger charge is 2.03. The Morgan fingerprint density at radius 1 is 1.15 bits per heavy atom. The molecule has 3 aromatic rings. The predicted octanol–water partition coefficient (Wildman–Crippen LogP) is 3.86. The van der Waals surface area contributed by atoms with E-state index in [0.717, 1.165) is 11.1 Å². The summed E-state index contributed by atoms with van der Waals surface area (Å²) in [4.78, 5) is 11.7. The fraction of sp³-hybridized carbons (Fsp3) is 0.136. The van der Waals surface area contributed by atoms with E-state index in [-0.39, 0.29) is 18.0 Å². The first-order valence-corrected chi connectivity index (χ1v) is 8.58. The normalized spacial score (nSPS) is 10.4. The van der Waals surface area contributed by atoms with E-state index in [1.54, 1.807) is 37.5 Å². The summed E-state index contributed by atoms with van der Waals surface area (Å²) in [6.45, 7) is 4.74. The smallest absolute Gasteiger partial charge is 0.250 e. The lowest BCUT2D eigenvalue weighted by Crippen LogP contribution is -2.17. The summed E-state index contributed by atoms with van der Waals surface area (Å²) in [5.74, 6) is 0.403. The molecule has 0 unspecified atom stereocenters. The number of nitrogens with zero attached hydrogens (tertiary/aromatic N) is 1. The highest BCUT2D eigenvalue weighted by molar-refractivity contribution is 5.60. The molecular weight excluding hydrogens is 343 g/mol. The first kappa shape index (κ1) is 18.5. The maximum absolute atomic E-state index is 13.6. The molecule has 1 N–H and O–H groups in total. The lowest BCUT2D eigenvalue weighted by Gasteiger charge is -2.11. The lowest BCUT2D eigenvalue weighted by atomic mass is 10.2. The zero-order valence-electron chi connectivity index (χ0n) is 15.1. The maximum atomic E-state index is 13.6. The van der Waals surface area contributed by atoms with Crippen LogP contribution in [0.1, 0.15) is 16.7 Å². The maximum Gasteiger partial charge on any atom is 0.250 e. The third-order valence-corrected chi connectivity index (χ3v) is 4.23. The second kappa shape index (κ2) is 8.36. The molecule has 3 rings (SSSR count). The van der Waals surface area contributed by atoms with Crippen LogP contribution in [0.3, 0.4) is 0 Å². The number of benzene rings is 2. The number of halogens is 1. The van der Waals surface area contributed by atoms with Crippen LogP contribution in [-0.2, 0) is 20.2 Å². The van der Waals surface area contributed by atoms with Gasteiger partial charge >= 0.3 is 0 Å². The van der Waals surface area contributed by atoms with Crippen LogP contribution >= 0.6 is 0 Å². The minimum atomic E-state index is -0.271. The zero-order chi connectivity index (χ0) is 19.2. The van der Waals surface area contributed by atoms with Crippen molar-refractivity contribution in [3.63, 3.8) is 0 Å². The monoisotopic (exact) mass is 364 g/mol. The topological polar surface area (TPSA) is 43.3 Å². The third-order valence-electron chi connectivity index (χ3n) is 4.23. The van der Waals surface area contributed by atoms with Crippen LogP contribution in [0, 0.1) is 5.82 Å². The van der Waals surface area contributed by atoms with Gasteiger partial charge in [-0.2, -0.15) is 0 Å². The molecule has 4 nitrogen and oxygen atoms in total. The number of nitrogens with one attached hydrogen (secondary N) is 1. The number of pyridine rings is 1. The SMILES string of the molecule is C=C(NCc1ccc(OCc2ccccc2F)cc1)c1ccn(C)c(=O)c1. The van der Waals surface area contributed by atoms with E-state index in [2.05, 4.69) is 11.9 Å². The van der Waals surface area contributed by atoms with Crippen molar-refractivity contribution in [2.75, 3.05) is 0 Å². The Morgan fingerprint density at radius 3 is 2.59 bits per heavy atom. The van der Waals surface area contributed by atoms with Crippen LogP contribution in [-0.4, -0.2) is 4.57 Å². The summed E-state index contributed by atoms with van der Waals surface area (Å²) >= 11 is 0. The van der Waals surface area contributed by atoms with Gasteiger partial charge in [-0.05, 0) is 29.8 Å². The van der Waals surface area contributed by atoms with E-state index in [0.29, 0.717) is 23.6 Å². The van der Waals surface area contributed by atoms with Crippen molar-refractivity contribution in [3.8, 4) is 5.75 Å². The van der Waals surface area contributed by atoms with Crippen LogP contribution in [0.25, 0.3) is 5.70 Å². The average Bonchev–Trinajstić information content (AvgIpc) is 2.68. The Hall–Kier alpha value is -3.34. The molecule has 27 heavy (non-hydrogen) atoms. The van der Waals surface area contributed by atoms with Crippen molar-refractivity contribution in [2.24, 2.45) is 7.05 Å². The highest BCUT2D eigenvalue weighted by Crippen LogP contribution is 2.16. The summed E-state index contributed by atoms with van der Waals surface area (Å²) < 4.78 is 20.7. The Balaban J connectivity index is 1.54. The van der Waals surface area contributed by atoms with Crippen molar-refractivity contribution in [1.82, 2.24) is 9.88 Å². The Bertz CT molecular complexity index is 994. The summed E-state index contributed by atoms with van der Waals surface area (Å²) in [6, 6.07) is 17.5. The van der Waals surface area contributed by atoms with Crippen molar-refractivity contribution in [1.29, 1.82) is 0 Å². The lowest BCUT2D eigenvalue weighted by molar-refractivity contribution is 0.300. The fourth-order valence-electron chi connectivity index (χ4n) is 2.53. The van der Waals surface area contributed by atoms with Crippen LogP contribution in [0.4, 0.5) is 4.39 Å². The van der Waals surface area contributed by atoms with Crippen molar-refractivity contribution >= 4 is 5.70 Å². The van der Waals surface area contributed by atoms with E-state index in [1.165, 1.54) is 10.6 Å². The van der Waals surface area contributed by atoms with Gasteiger partial charge in [-0.3, -0.25) is 4.79 Å². The van der Waals surface area contributed by atoms with Gasteiger partial charge < -0.3 is 14.6 Å². The molecule has 0 aliphatic rings. The molecule has 0 aliphatic heterocycles. The van der Waals surface area contributed by atoms with E-state index >= 15 is 0 Å². The fourth-order valence-corrected chi connectivity index (χ4v) is 2.53. The molecule has 0 fully saturated rings. The number of aryl methyl sites for hydroxylation is 1. The summed E-state index contributed by atoms with van der Waals surface area (Å²) in [6.07, 6.45) is 1.71. The summed E-state index contributed by atoms with van der Waals surface area (Å²) in [7, 11) is 1.71. The first-order chi connectivity index (χ1) is 13.0. The molecule has 0 spiro atoms. The molecule has 5 heteroatoms. The standard InChI is InChI=1S/C22H21FN2O2/c1-16(18-11-12-25(2)22(26)13-18)24-14-17-7-9-20(10-8-17)27-15-19-5-3-4-6-21(19)23/h3-13,24H,1,14-15H2,2H3. The van der Waals surface area contributed by atoms with Gasteiger partial charge in [-0.1, -0.05) is 36.9 Å². The molecule has 0 radical (unpaired) electrons. The molecule has 0 bridgehead atoms. The zero-order valence-corrected chi connectivity index (χ0v) is 15.1. The Morgan fingerprint density at radius 2 is 1.89 bits per heavy atom. The van der Waals surface area contributed by atoms with E-state index in [1.807, 2.05) is 30.3 Å². The first-order valence-electron chi connectivity index (χ1n) is 8.58. The van der Waals surface area contributed by atoms with Gasteiger partial charge in [0.05, 0.1) is 0 Å². The molecule has 0 saturated carbocycles. The predicted molar refractivity (Wildman–Crippen MR) is 105 cm³/mol. The van der Waals surface area contributed by atoms with Crippen LogP contribution in [0.15, 0.2) is 78.2 Å². The van der Waals surface area contributed by atoms with Gasteiger partial charge in [0.2, 0.25) is 0 Å². The van der Waals surface area contributed by atoms with Crippen molar-refractivity contribution in [3.05, 3.63) is 106 Å². The Kier molecular flexibility index (Phi) is 5.71. The molecule has 0 saturated heterocycles. The quantitative estimate of drug-likeness (QED) is 0.692. The van der Waals surface area contributed by atoms with Gasteiger partial charge in [-0.15, -0.1) is 0 Å². The molecular formula is C22H21FN2O2. The molecule has 0 aliphatic carbocycles. The minimum absolute atomic E-state index is 0.0770. The molecule has 0 atom stereocenters. The van der Waals surface area contributed by atoms with Crippen LogP contribution in [0.2, 0.25) is 0 Å². The van der Waals surface area contributed by atoms with Gasteiger partial charge in [0.15, 0.2) is 0 Å². The second-order valence-electron chi connectivity index (χ2n) is 6.22. The molecule has 138 valence electrons.